The highest BCUT2D eigenvalue weighted by molar-refractivity contribution is 5.97. The fourth-order valence-electron chi connectivity index (χ4n) is 4.77. The molecule has 0 aromatic heterocycles. The fraction of sp³-hybridized carbons (Fsp3) is 0.440. The molecule has 3 aliphatic heterocycles. The predicted octanol–water partition coefficient (Wildman–Crippen LogP) is -0.169. The van der Waals surface area contributed by atoms with Crippen molar-refractivity contribution in [1.82, 2.24) is 0 Å². The van der Waals surface area contributed by atoms with Crippen LogP contribution in [0.5, 0.6) is 0 Å². The van der Waals surface area contributed by atoms with E-state index in [4.69, 9.17) is 18.9 Å². The number of cyclic esters (lactones) is 1. The van der Waals surface area contributed by atoms with E-state index in [2.05, 4.69) is 6.58 Å². The number of esters is 1. The highest BCUT2D eigenvalue weighted by Crippen LogP contribution is 2.43. The van der Waals surface area contributed by atoms with E-state index in [0.717, 1.165) is 6.26 Å². The van der Waals surface area contributed by atoms with Gasteiger partial charge in [0.05, 0.1) is 18.4 Å². The molecule has 0 radical (unpaired) electrons. The molecule has 9 atom stereocenters. The maximum atomic E-state index is 12.9. The predicted molar refractivity (Wildman–Crippen MR) is 123 cm³/mol. The second-order valence-electron chi connectivity index (χ2n) is 8.89. The van der Waals surface area contributed by atoms with Crippen LogP contribution in [0.4, 0.5) is 0 Å². The van der Waals surface area contributed by atoms with Gasteiger partial charge in [-0.3, -0.25) is 0 Å². The molecule has 3 heterocycles. The molecular weight excluding hydrogens is 492 g/mol. The summed E-state index contributed by atoms with van der Waals surface area (Å²) in [6.07, 6.45) is -7.34. The number of hydrogen-bond donors (Lipinski definition) is 6. The van der Waals surface area contributed by atoms with E-state index in [0.29, 0.717) is 5.56 Å². The number of carboxylic acid groups (broad SMARTS) is 1. The number of hydrogen-bond acceptors (Lipinski definition) is 11. The molecule has 0 bridgehead atoms. The van der Waals surface area contributed by atoms with Crippen molar-refractivity contribution in [2.45, 2.75) is 49.5 Å². The van der Waals surface area contributed by atoms with Crippen LogP contribution < -0.4 is 0 Å². The lowest BCUT2D eigenvalue weighted by Crippen LogP contribution is -2.60. The van der Waals surface area contributed by atoms with Crippen molar-refractivity contribution in [3.8, 4) is 0 Å². The van der Waals surface area contributed by atoms with Crippen molar-refractivity contribution in [2.24, 2.45) is 11.8 Å². The summed E-state index contributed by atoms with van der Waals surface area (Å²) >= 11 is 0. The molecule has 2 saturated heterocycles. The number of aliphatic hydroxyl groups excluding tert-OH is 5. The Balaban J connectivity index is 1.62. The zero-order chi connectivity index (χ0) is 26.9. The number of carboxylic acids is 1. The van der Waals surface area contributed by atoms with E-state index in [1.165, 1.54) is 6.08 Å². The van der Waals surface area contributed by atoms with Gasteiger partial charge < -0.3 is 49.6 Å². The van der Waals surface area contributed by atoms with Crippen LogP contribution in [0.25, 0.3) is 5.57 Å². The van der Waals surface area contributed by atoms with Gasteiger partial charge in [-0.1, -0.05) is 36.4 Å². The molecule has 6 N–H and O–H groups in total. The second-order valence-corrected chi connectivity index (χ2v) is 8.89. The van der Waals surface area contributed by atoms with Crippen LogP contribution in [-0.4, -0.2) is 92.3 Å². The van der Waals surface area contributed by atoms with Crippen LogP contribution >= 0.6 is 0 Å². The average molecular weight is 520 g/mol. The van der Waals surface area contributed by atoms with Gasteiger partial charge >= 0.3 is 11.9 Å². The Morgan fingerprint density at radius 2 is 1.78 bits per heavy atom. The maximum absolute atomic E-state index is 12.9. The number of carbonyl (C=O) groups excluding carboxylic acids is 1. The Kier molecular flexibility index (Phi) is 7.97. The summed E-state index contributed by atoms with van der Waals surface area (Å²) in [5, 5.41) is 59.7. The van der Waals surface area contributed by atoms with Gasteiger partial charge in [0.1, 0.15) is 30.5 Å². The van der Waals surface area contributed by atoms with Gasteiger partial charge in [0, 0.05) is 17.4 Å². The van der Waals surface area contributed by atoms with Gasteiger partial charge in [-0.25, -0.2) is 9.59 Å². The quantitative estimate of drug-likeness (QED) is 0.121. The molecular formula is C25H28O12. The first-order valence-corrected chi connectivity index (χ1v) is 11.5. The zero-order valence-electron chi connectivity index (χ0n) is 19.5. The molecule has 0 amide bonds. The lowest BCUT2D eigenvalue weighted by molar-refractivity contribution is -0.339. The highest BCUT2D eigenvalue weighted by atomic mass is 16.8. The molecule has 4 rings (SSSR count). The number of benzene rings is 1. The largest absolute Gasteiger partial charge is 0.502 e. The molecule has 200 valence electrons. The molecule has 12 nitrogen and oxygen atoms in total. The molecule has 1 aromatic rings. The van der Waals surface area contributed by atoms with Crippen molar-refractivity contribution < 1.29 is 59.2 Å². The molecule has 0 spiro atoms. The van der Waals surface area contributed by atoms with E-state index in [-0.39, 0.29) is 17.6 Å². The lowest BCUT2D eigenvalue weighted by atomic mass is 9.76. The maximum Gasteiger partial charge on any atom is 0.371 e. The number of fused-ring (bicyclic) bond motifs is 1. The Bertz CT molecular complexity index is 1080. The molecule has 12 heteroatoms. The van der Waals surface area contributed by atoms with Crippen LogP contribution in [0, 0.1) is 11.8 Å². The molecule has 37 heavy (non-hydrogen) atoms. The van der Waals surface area contributed by atoms with Crippen LogP contribution in [0.2, 0.25) is 0 Å². The first kappa shape index (κ1) is 26.8. The smallest absolute Gasteiger partial charge is 0.371 e. The lowest BCUT2D eigenvalue weighted by Gasteiger charge is -2.44. The molecule has 2 fully saturated rings. The van der Waals surface area contributed by atoms with Crippen LogP contribution in [0.15, 0.2) is 60.6 Å². The summed E-state index contributed by atoms with van der Waals surface area (Å²) in [6, 6.07) is 8.15. The minimum Gasteiger partial charge on any atom is -0.502 e. The number of aliphatic carboxylic acids is 1. The molecule has 0 unspecified atom stereocenters. The van der Waals surface area contributed by atoms with Gasteiger partial charge in [-0.15, -0.1) is 6.58 Å². The van der Waals surface area contributed by atoms with E-state index < -0.39 is 79.2 Å². The third-order valence-electron chi connectivity index (χ3n) is 6.71. The van der Waals surface area contributed by atoms with E-state index in [9.17, 15) is 40.2 Å². The first-order chi connectivity index (χ1) is 17.7. The average Bonchev–Trinajstić information content (AvgIpc) is 2.89. The Hall–Kier alpha value is -3.26. The summed E-state index contributed by atoms with van der Waals surface area (Å²) in [5.74, 6) is -4.74. The van der Waals surface area contributed by atoms with Crippen LogP contribution in [0.3, 0.4) is 0 Å². The van der Waals surface area contributed by atoms with Crippen molar-refractivity contribution in [3.05, 3.63) is 66.1 Å². The first-order valence-electron chi connectivity index (χ1n) is 11.5. The van der Waals surface area contributed by atoms with Crippen LogP contribution in [-0.2, 0) is 28.5 Å². The van der Waals surface area contributed by atoms with Gasteiger partial charge in [-0.05, 0) is 12.0 Å². The molecule has 0 aliphatic carbocycles. The number of carbonyl (C=O) groups is 2. The van der Waals surface area contributed by atoms with E-state index in [1.54, 1.807) is 30.3 Å². The van der Waals surface area contributed by atoms with Crippen molar-refractivity contribution in [3.63, 3.8) is 0 Å². The second kappa shape index (κ2) is 11.0. The van der Waals surface area contributed by atoms with Gasteiger partial charge in [0.25, 0.3) is 0 Å². The van der Waals surface area contributed by atoms with Crippen LogP contribution in [0.1, 0.15) is 12.0 Å². The van der Waals surface area contributed by atoms with E-state index >= 15 is 0 Å². The van der Waals surface area contributed by atoms with Crippen molar-refractivity contribution >= 4 is 17.5 Å². The number of rotatable bonds is 7. The molecule has 1 aromatic carbocycles. The Labute approximate surface area is 211 Å². The highest BCUT2D eigenvalue weighted by Gasteiger charge is 2.49. The molecule has 3 aliphatic rings. The number of ether oxygens (including phenoxy) is 4. The standard InChI is InChI=1S/C25H28O12/c1-2-12-13-8-15(17(19(28)22(31)32)11-6-4-3-5-7-11)35-23(33)14(13)10-34-24(12)37-25-21(30)20(29)18(27)16(9-26)36-25/h2-7,10,12-13,15-16,18,20-21,24-30H,1,8-9H2,(H,31,32)/t12-,13+,15+,16-,18-,20+,21-,24+,25+/m1/s1. The van der Waals surface area contributed by atoms with Gasteiger partial charge in [-0.2, -0.15) is 0 Å². The van der Waals surface area contributed by atoms with Gasteiger partial charge in [0.2, 0.25) is 12.0 Å². The van der Waals surface area contributed by atoms with Crippen molar-refractivity contribution in [1.29, 1.82) is 0 Å². The minimum absolute atomic E-state index is 0.0354. The Morgan fingerprint density at radius 1 is 1.08 bits per heavy atom. The normalized spacial score (nSPS) is 36.3. The third kappa shape index (κ3) is 5.12. The zero-order valence-corrected chi connectivity index (χ0v) is 19.5. The summed E-state index contributed by atoms with van der Waals surface area (Å²) in [4.78, 5) is 24.5. The summed E-state index contributed by atoms with van der Waals surface area (Å²) in [5.41, 5.74) is 0.405. The molecule has 0 saturated carbocycles. The number of aliphatic hydroxyl groups is 5. The third-order valence-corrected chi connectivity index (χ3v) is 6.71. The summed E-state index contributed by atoms with van der Waals surface area (Å²) < 4.78 is 22.2. The van der Waals surface area contributed by atoms with Crippen molar-refractivity contribution in [2.75, 3.05) is 6.61 Å². The Morgan fingerprint density at radius 3 is 2.41 bits per heavy atom. The summed E-state index contributed by atoms with van der Waals surface area (Å²) in [6.45, 7) is 3.14. The van der Waals surface area contributed by atoms with Gasteiger partial charge in [0.15, 0.2) is 6.29 Å². The SMILES string of the molecule is C=C[C@H]1[C@H](O[C@@H]2O[C@H](CO)[C@@H](O)[C@H](O)[C@H]2O)OC=C2C(=O)O[C@H](C(=C(O)C(=O)O)c3ccccc3)C[C@H]21. The summed E-state index contributed by atoms with van der Waals surface area (Å²) in [7, 11) is 0. The topological polar surface area (TPSA) is 192 Å². The monoisotopic (exact) mass is 520 g/mol. The minimum atomic E-state index is -1.68. The fourth-order valence-corrected chi connectivity index (χ4v) is 4.77. The van der Waals surface area contributed by atoms with E-state index in [1.807, 2.05) is 0 Å².